The first-order valence-corrected chi connectivity index (χ1v) is 33.2. The van der Waals surface area contributed by atoms with Crippen LogP contribution in [0.2, 0.25) is 10.0 Å². The minimum atomic E-state index is -1.34. The van der Waals surface area contributed by atoms with Gasteiger partial charge in [-0.25, -0.2) is 9.59 Å². The second kappa shape index (κ2) is 28.6. The van der Waals surface area contributed by atoms with Crippen LogP contribution in [0, 0.1) is 58.2 Å². The molecule has 4 saturated carbocycles. The van der Waals surface area contributed by atoms with Gasteiger partial charge in [-0.1, -0.05) is 83.2 Å². The van der Waals surface area contributed by atoms with Crippen LogP contribution < -0.4 is 10.6 Å². The zero-order valence-electron chi connectivity index (χ0n) is 55.6. The maximum Gasteiger partial charge on any atom is 0.329 e. The first-order chi connectivity index (χ1) is 40.2. The quantitative estimate of drug-likeness (QED) is 0.0642. The van der Waals surface area contributed by atoms with E-state index < -0.39 is 81.7 Å². The van der Waals surface area contributed by atoms with Crippen molar-refractivity contribution in [3.05, 3.63) is 62.6 Å². The van der Waals surface area contributed by atoms with E-state index in [2.05, 4.69) is 45.3 Å². The van der Waals surface area contributed by atoms with Crippen molar-refractivity contribution in [3.63, 3.8) is 0 Å². The highest BCUT2D eigenvalue weighted by atomic mass is 35.5. The molecule has 87 heavy (non-hydrogen) atoms. The smallest absolute Gasteiger partial charge is 0.329 e. The Morgan fingerprint density at radius 3 is 1.52 bits per heavy atom. The van der Waals surface area contributed by atoms with E-state index in [-0.39, 0.29) is 46.9 Å². The number of carbonyl (C=O) groups is 6. The molecular formula is C71H106Cl2N2O12. The third kappa shape index (κ3) is 19.1. The molecule has 4 fully saturated rings. The number of hydrogen-bond acceptors (Lipinski definition) is 12. The number of phenols is 2. The van der Waals surface area contributed by atoms with Crippen molar-refractivity contribution in [2.75, 3.05) is 0 Å². The van der Waals surface area contributed by atoms with Crippen molar-refractivity contribution in [1.82, 2.24) is 10.6 Å². The van der Waals surface area contributed by atoms with Crippen LogP contribution in [0.25, 0.3) is 5.57 Å². The average molecular weight is 1250 g/mol. The molecule has 2 aromatic carbocycles. The third-order valence-corrected chi connectivity index (χ3v) is 19.8. The molecule has 0 saturated heterocycles. The molecule has 4 aliphatic carbocycles. The van der Waals surface area contributed by atoms with Crippen molar-refractivity contribution in [2.24, 2.45) is 58.2 Å². The Kier molecular flexibility index (Phi) is 23.4. The van der Waals surface area contributed by atoms with Crippen LogP contribution in [0.15, 0.2) is 30.3 Å². The molecule has 0 aliphatic heterocycles. The summed E-state index contributed by atoms with van der Waals surface area (Å²) in [5.41, 5.74) is -2.24. The Morgan fingerprint density at radius 1 is 0.598 bits per heavy atom. The number of amides is 2. The van der Waals surface area contributed by atoms with Gasteiger partial charge in [0.1, 0.15) is 46.0 Å². The average Bonchev–Trinajstić information content (AvgIpc) is 1.74. The zero-order chi connectivity index (χ0) is 64.9. The van der Waals surface area contributed by atoms with E-state index in [4.69, 9.17) is 42.1 Å². The largest absolute Gasteiger partial charge is 0.506 e. The lowest BCUT2D eigenvalue weighted by molar-refractivity contribution is -0.160. The molecule has 0 unspecified atom stereocenters. The molecule has 16 heteroatoms. The molecule has 4 N–H and O–H groups in total. The van der Waals surface area contributed by atoms with E-state index in [0.29, 0.717) is 45.8 Å². The van der Waals surface area contributed by atoms with Gasteiger partial charge in [-0.3, -0.25) is 19.2 Å². The maximum atomic E-state index is 14.5. The molecule has 6 rings (SSSR count). The first-order valence-electron chi connectivity index (χ1n) is 32.5. The van der Waals surface area contributed by atoms with Crippen LogP contribution in [0.4, 0.5) is 0 Å². The second-order valence-corrected chi connectivity index (χ2v) is 31.9. The normalized spacial score (nSPS) is 24.9. The van der Waals surface area contributed by atoms with Gasteiger partial charge in [-0.2, -0.15) is 0 Å². The summed E-state index contributed by atoms with van der Waals surface area (Å²) in [5, 5.41) is 28.1. The van der Waals surface area contributed by atoms with E-state index in [9.17, 15) is 39.0 Å². The Balaban J connectivity index is 1.32. The fourth-order valence-corrected chi connectivity index (χ4v) is 15.8. The minimum absolute atomic E-state index is 0.178. The van der Waals surface area contributed by atoms with Gasteiger partial charge in [0.2, 0.25) is 0 Å². The third-order valence-electron chi connectivity index (χ3n) is 19.2. The summed E-state index contributed by atoms with van der Waals surface area (Å²) in [6.45, 7) is 32.9. The van der Waals surface area contributed by atoms with E-state index >= 15 is 0 Å². The topological polar surface area (TPSA) is 204 Å². The number of aromatic hydroxyl groups is 2. The van der Waals surface area contributed by atoms with Crippen LogP contribution in [0.3, 0.4) is 0 Å². The number of nitrogens with one attached hydrogen (secondary N) is 2. The van der Waals surface area contributed by atoms with E-state index in [1.54, 1.807) is 83.1 Å². The molecule has 0 spiro atoms. The number of benzene rings is 2. The van der Waals surface area contributed by atoms with Gasteiger partial charge in [-0.15, -0.1) is 0 Å². The number of hydrogen-bond donors (Lipinski definition) is 4. The van der Waals surface area contributed by atoms with Crippen molar-refractivity contribution in [3.8, 4) is 11.5 Å². The highest BCUT2D eigenvalue weighted by molar-refractivity contribution is 6.33. The summed E-state index contributed by atoms with van der Waals surface area (Å²) < 4.78 is 22.3. The van der Waals surface area contributed by atoms with Crippen molar-refractivity contribution in [2.45, 2.75) is 268 Å². The molecule has 4 aliphatic rings. The van der Waals surface area contributed by atoms with Gasteiger partial charge >= 0.3 is 23.9 Å². The monoisotopic (exact) mass is 1250 g/mol. The van der Waals surface area contributed by atoms with E-state index in [0.717, 1.165) is 54.8 Å². The molecule has 14 nitrogen and oxygen atoms in total. The van der Waals surface area contributed by atoms with Gasteiger partial charge in [0, 0.05) is 12.8 Å². The molecule has 0 aromatic heterocycles. The number of esters is 4. The van der Waals surface area contributed by atoms with Crippen LogP contribution >= 0.6 is 23.2 Å². The molecule has 486 valence electrons. The molecule has 11 atom stereocenters. The number of carbonyl (C=O) groups excluding carboxylic acids is 6. The van der Waals surface area contributed by atoms with E-state index in [1.807, 2.05) is 6.08 Å². The molecule has 2 aromatic rings. The van der Waals surface area contributed by atoms with E-state index in [1.165, 1.54) is 88.5 Å². The van der Waals surface area contributed by atoms with Crippen molar-refractivity contribution < 1.29 is 57.9 Å². The van der Waals surface area contributed by atoms with Gasteiger partial charge in [0.25, 0.3) is 11.8 Å². The Hall–Kier alpha value is -4.82. The summed E-state index contributed by atoms with van der Waals surface area (Å²) >= 11 is 13.7. The minimum Gasteiger partial charge on any atom is -0.506 e. The summed E-state index contributed by atoms with van der Waals surface area (Å²) in [6, 6.07) is 3.15. The molecule has 0 radical (unpaired) electrons. The summed E-state index contributed by atoms with van der Waals surface area (Å²) in [7, 11) is 0. The SMILES string of the molecule is CC(C)CCC[C@@H](C)[C@H]1CC[C@H]2[C@@H]3CC[C@H]4C[C@@H](CCC=C(c5cc(Cl)c(O)c(C(=O)N[C@@H](CCC(=O)OC(C)(C)C)C(=O)OC(C)(C)C)c5)c5cc(Cl)c(O)c(C(=O)N[C@@H](CCC(=O)OC(C)(C)C)C(=O)OC(C)(C)C)c5)CC[C@]4(C)[C@H]3CC[C@]12C. The first kappa shape index (κ1) is 71.3. The molecule has 0 bridgehead atoms. The van der Waals surface area contributed by atoms with Crippen LogP contribution in [0.5, 0.6) is 11.5 Å². The fourth-order valence-electron chi connectivity index (χ4n) is 15.4. The van der Waals surface area contributed by atoms with Gasteiger partial charge in [-0.05, 0) is 266 Å². The fraction of sp³-hybridized carbons (Fsp3) is 0.718. The standard InChI is InChI=1S/C71H106Cl2N2O12/c1-41(2)20-18-21-42(3)51-26-27-52-48-25-24-46-36-43(32-34-70(46,16)53(48)33-35-71(51,52)17)22-19-23-47(44-37-49(60(78)54(72)39-44)62(80)74-56(64(82)86-68(10,11)12)28-30-58(76)84-66(4,5)6)45-38-50(61(79)55(73)40-45)63(81)75-57(65(83)87-69(13,14)15)29-31-59(77)85-67(7,8)9/h23,37-43,46,48,51-53,56-57,78-79H,18-22,24-36H2,1-17H3,(H,74,80)(H,75,81)/t42-,43+,46+,48+,51-,52+,53+,56+,57+,70+,71-/m1/s1. The van der Waals surface area contributed by atoms with Gasteiger partial charge in [0.05, 0.1) is 21.2 Å². The number of fused-ring (bicyclic) bond motifs is 5. The highest BCUT2D eigenvalue weighted by Gasteiger charge is 2.60. The predicted molar refractivity (Wildman–Crippen MR) is 343 cm³/mol. The van der Waals surface area contributed by atoms with Gasteiger partial charge < -0.3 is 39.8 Å². The number of rotatable bonds is 22. The number of phenolic OH excluding ortho intramolecular Hbond substituents is 2. The number of allylic oxidation sites excluding steroid dienone is 1. The van der Waals surface area contributed by atoms with Crippen LogP contribution in [0.1, 0.15) is 265 Å². The Labute approximate surface area is 530 Å². The molecule has 2 amide bonds. The maximum absolute atomic E-state index is 14.5. The molecular weight excluding hydrogens is 1140 g/mol. The number of ether oxygens (including phenoxy) is 4. The van der Waals surface area contributed by atoms with Crippen molar-refractivity contribution >= 4 is 64.5 Å². The lowest BCUT2D eigenvalue weighted by Gasteiger charge is -2.61. The van der Waals surface area contributed by atoms with Crippen molar-refractivity contribution in [1.29, 1.82) is 0 Å². The Bertz CT molecular complexity index is 2700. The molecule has 0 heterocycles. The zero-order valence-corrected chi connectivity index (χ0v) is 57.1. The number of halogens is 2. The second-order valence-electron chi connectivity index (χ2n) is 31.1. The van der Waals surface area contributed by atoms with Crippen LogP contribution in [-0.4, -0.2) is 80.4 Å². The van der Waals surface area contributed by atoms with Crippen LogP contribution in [-0.2, 0) is 38.1 Å². The Morgan fingerprint density at radius 2 is 1.06 bits per heavy atom. The highest BCUT2D eigenvalue weighted by Crippen LogP contribution is 2.69. The summed E-state index contributed by atoms with van der Waals surface area (Å²) in [5.74, 6) is 0.0147. The van der Waals surface area contributed by atoms with Gasteiger partial charge in [0.15, 0.2) is 0 Å². The lowest BCUT2D eigenvalue weighted by Crippen LogP contribution is -2.53. The lowest BCUT2D eigenvalue weighted by atomic mass is 9.44. The summed E-state index contributed by atoms with van der Waals surface area (Å²) in [6.07, 6.45) is 17.9. The predicted octanol–water partition coefficient (Wildman–Crippen LogP) is 16.5. The summed E-state index contributed by atoms with van der Waals surface area (Å²) in [4.78, 5) is 82.2.